The predicted octanol–water partition coefficient (Wildman–Crippen LogP) is 1.36. The lowest BCUT2D eigenvalue weighted by atomic mass is 10.0. The van der Waals surface area contributed by atoms with Gasteiger partial charge in [-0.15, -0.1) is 5.10 Å². The van der Waals surface area contributed by atoms with Crippen molar-refractivity contribution in [3.05, 3.63) is 10.0 Å². The maximum atomic E-state index is 5.96. The third-order valence-electron chi connectivity index (χ3n) is 2.94. The van der Waals surface area contributed by atoms with Gasteiger partial charge in [0.15, 0.2) is 0 Å². The number of aromatic nitrogens is 2. The van der Waals surface area contributed by atoms with Gasteiger partial charge in [-0.05, 0) is 25.8 Å². The molecule has 0 radical (unpaired) electrons. The minimum atomic E-state index is 0.277. The Morgan fingerprint density at radius 2 is 2.53 bits per heavy atom. The van der Waals surface area contributed by atoms with Gasteiger partial charge in [-0.2, -0.15) is 0 Å². The lowest BCUT2D eigenvalue weighted by Crippen LogP contribution is -2.29. The van der Waals surface area contributed by atoms with E-state index in [1.807, 2.05) is 0 Å². The Kier molecular flexibility index (Phi) is 3.56. The van der Waals surface area contributed by atoms with E-state index in [9.17, 15) is 0 Å². The van der Waals surface area contributed by atoms with E-state index in [-0.39, 0.29) is 6.04 Å². The zero-order chi connectivity index (χ0) is 10.8. The summed E-state index contributed by atoms with van der Waals surface area (Å²) in [7, 11) is 0. The first kappa shape index (κ1) is 11.3. The second-order valence-electron chi connectivity index (χ2n) is 4.14. The number of halogens is 1. The minimum absolute atomic E-state index is 0.277. The van der Waals surface area contributed by atoms with Crippen LogP contribution in [0.5, 0.6) is 0 Å². The van der Waals surface area contributed by atoms with Crippen LogP contribution in [0.4, 0.5) is 0 Å². The minimum Gasteiger partial charge on any atom is -0.328 e. The number of rotatable bonds is 3. The van der Waals surface area contributed by atoms with Crippen LogP contribution in [0.25, 0.3) is 0 Å². The van der Waals surface area contributed by atoms with E-state index in [1.54, 1.807) is 0 Å². The average Bonchev–Trinajstić information content (AvgIpc) is 2.77. The van der Waals surface area contributed by atoms with E-state index < -0.39 is 0 Å². The summed E-state index contributed by atoms with van der Waals surface area (Å²) < 4.78 is 4.53. The van der Waals surface area contributed by atoms with Crippen molar-refractivity contribution >= 4 is 23.1 Å². The monoisotopic (exact) mass is 246 g/mol. The standard InChI is InChI=1S/C9H15ClN4S/c1-6(11)7-2-3-14(4-7)5-8-9(10)15-13-12-8/h6-7H,2-5,11H2,1H3. The van der Waals surface area contributed by atoms with Gasteiger partial charge in [-0.3, -0.25) is 4.90 Å². The molecule has 1 aromatic rings. The van der Waals surface area contributed by atoms with Gasteiger partial charge in [0.05, 0.1) is 0 Å². The number of hydrogen-bond donors (Lipinski definition) is 1. The quantitative estimate of drug-likeness (QED) is 0.875. The smallest absolute Gasteiger partial charge is 0.138 e. The van der Waals surface area contributed by atoms with Gasteiger partial charge in [0.2, 0.25) is 0 Å². The number of nitrogens with zero attached hydrogens (tertiary/aromatic N) is 3. The molecule has 0 aromatic carbocycles. The predicted molar refractivity (Wildman–Crippen MR) is 62.0 cm³/mol. The van der Waals surface area contributed by atoms with Crippen molar-refractivity contribution in [3.63, 3.8) is 0 Å². The van der Waals surface area contributed by atoms with Crippen LogP contribution in [0.3, 0.4) is 0 Å². The maximum absolute atomic E-state index is 5.96. The highest BCUT2D eigenvalue weighted by Gasteiger charge is 2.26. The zero-order valence-corrected chi connectivity index (χ0v) is 10.3. The normalized spacial score (nSPS) is 24.6. The fourth-order valence-electron chi connectivity index (χ4n) is 1.94. The topological polar surface area (TPSA) is 55.0 Å². The van der Waals surface area contributed by atoms with Crippen molar-refractivity contribution in [2.75, 3.05) is 13.1 Å². The number of hydrogen-bond acceptors (Lipinski definition) is 5. The Balaban J connectivity index is 1.90. The first-order valence-electron chi connectivity index (χ1n) is 5.11. The van der Waals surface area contributed by atoms with Crippen molar-refractivity contribution in [2.24, 2.45) is 11.7 Å². The van der Waals surface area contributed by atoms with Gasteiger partial charge >= 0.3 is 0 Å². The second kappa shape index (κ2) is 4.74. The van der Waals surface area contributed by atoms with Crippen LogP contribution in [0.2, 0.25) is 4.34 Å². The molecule has 1 aliphatic heterocycles. The third-order valence-corrected chi connectivity index (χ3v) is 3.92. The van der Waals surface area contributed by atoms with E-state index >= 15 is 0 Å². The van der Waals surface area contributed by atoms with Crippen molar-refractivity contribution in [1.29, 1.82) is 0 Å². The van der Waals surface area contributed by atoms with Gasteiger partial charge in [0.1, 0.15) is 10.0 Å². The summed E-state index contributed by atoms with van der Waals surface area (Å²) in [6, 6.07) is 0.277. The highest BCUT2D eigenvalue weighted by Crippen LogP contribution is 2.23. The van der Waals surface area contributed by atoms with Crippen LogP contribution in [0, 0.1) is 5.92 Å². The molecule has 0 amide bonds. The molecule has 15 heavy (non-hydrogen) atoms. The van der Waals surface area contributed by atoms with Crippen LogP contribution >= 0.6 is 23.1 Å². The van der Waals surface area contributed by atoms with Crippen LogP contribution in [0.15, 0.2) is 0 Å². The summed E-state index contributed by atoms with van der Waals surface area (Å²) in [5.74, 6) is 0.607. The highest BCUT2D eigenvalue weighted by molar-refractivity contribution is 7.10. The highest BCUT2D eigenvalue weighted by atomic mass is 35.5. The second-order valence-corrected chi connectivity index (χ2v) is 5.49. The van der Waals surface area contributed by atoms with Crippen molar-refractivity contribution < 1.29 is 0 Å². The summed E-state index contributed by atoms with van der Waals surface area (Å²) in [4.78, 5) is 2.34. The van der Waals surface area contributed by atoms with Crippen molar-refractivity contribution in [3.8, 4) is 0 Å². The van der Waals surface area contributed by atoms with Crippen molar-refractivity contribution in [1.82, 2.24) is 14.5 Å². The Morgan fingerprint density at radius 3 is 3.07 bits per heavy atom. The molecule has 4 nitrogen and oxygen atoms in total. The largest absolute Gasteiger partial charge is 0.328 e. The molecule has 0 bridgehead atoms. The molecule has 84 valence electrons. The summed E-state index contributed by atoms with van der Waals surface area (Å²) in [6.07, 6.45) is 1.17. The van der Waals surface area contributed by atoms with Gasteiger partial charge in [0.25, 0.3) is 0 Å². The molecule has 2 unspecified atom stereocenters. The van der Waals surface area contributed by atoms with Crippen LogP contribution in [-0.2, 0) is 6.54 Å². The van der Waals surface area contributed by atoms with Crippen LogP contribution in [-0.4, -0.2) is 33.6 Å². The zero-order valence-electron chi connectivity index (χ0n) is 8.69. The third kappa shape index (κ3) is 2.66. The van der Waals surface area contributed by atoms with Crippen molar-refractivity contribution in [2.45, 2.75) is 25.9 Å². The maximum Gasteiger partial charge on any atom is 0.138 e. The number of likely N-dealkylation sites (tertiary alicyclic amines) is 1. The fourth-order valence-corrected chi connectivity index (χ4v) is 2.55. The van der Waals surface area contributed by atoms with E-state index in [2.05, 4.69) is 21.4 Å². The molecule has 2 atom stereocenters. The molecular formula is C9H15ClN4S. The van der Waals surface area contributed by atoms with E-state index in [4.69, 9.17) is 17.3 Å². The Hall–Kier alpha value is -0.230. The lowest BCUT2D eigenvalue weighted by Gasteiger charge is -2.16. The van der Waals surface area contributed by atoms with E-state index in [1.165, 1.54) is 18.0 Å². The molecule has 1 saturated heterocycles. The van der Waals surface area contributed by atoms with Gasteiger partial charge in [0, 0.05) is 30.7 Å². The molecule has 2 N–H and O–H groups in total. The lowest BCUT2D eigenvalue weighted by molar-refractivity contribution is 0.305. The van der Waals surface area contributed by atoms with Gasteiger partial charge < -0.3 is 5.73 Å². The first-order valence-corrected chi connectivity index (χ1v) is 6.26. The first-order chi connectivity index (χ1) is 7.16. The molecule has 0 spiro atoms. The average molecular weight is 247 g/mol. The summed E-state index contributed by atoms with van der Waals surface area (Å²) in [5, 5.41) is 4.01. The number of nitrogens with two attached hydrogens (primary N) is 1. The fraction of sp³-hybridized carbons (Fsp3) is 0.778. The molecule has 1 aromatic heterocycles. The molecule has 0 aliphatic carbocycles. The Bertz CT molecular complexity index is 328. The molecule has 6 heteroatoms. The van der Waals surface area contributed by atoms with Crippen LogP contribution in [0.1, 0.15) is 19.0 Å². The Morgan fingerprint density at radius 1 is 1.73 bits per heavy atom. The Labute approximate surface area is 98.6 Å². The van der Waals surface area contributed by atoms with Gasteiger partial charge in [-0.1, -0.05) is 16.1 Å². The van der Waals surface area contributed by atoms with Gasteiger partial charge in [-0.25, -0.2) is 0 Å². The summed E-state index contributed by atoms with van der Waals surface area (Å²) in [5.41, 5.74) is 6.78. The van der Waals surface area contributed by atoms with E-state index in [0.29, 0.717) is 10.3 Å². The SMILES string of the molecule is CC(N)C1CCN(Cc2nnsc2Cl)C1. The van der Waals surface area contributed by atoms with Crippen LogP contribution < -0.4 is 5.73 Å². The molecule has 2 rings (SSSR count). The molecule has 0 saturated carbocycles. The van der Waals surface area contributed by atoms with E-state index in [0.717, 1.165) is 25.3 Å². The molecule has 1 aliphatic rings. The molecular weight excluding hydrogens is 232 g/mol. The molecule has 2 heterocycles. The summed E-state index contributed by atoms with van der Waals surface area (Å²) in [6.45, 7) is 5.01. The molecule has 1 fully saturated rings. The summed E-state index contributed by atoms with van der Waals surface area (Å²) >= 11 is 7.21.